The van der Waals surface area contributed by atoms with E-state index in [9.17, 15) is 9.90 Å². The summed E-state index contributed by atoms with van der Waals surface area (Å²) in [5, 5.41) is 12.3. The minimum Gasteiger partial charge on any atom is -0.467 e. The monoisotopic (exact) mass is 311 g/mol. The van der Waals surface area contributed by atoms with Crippen molar-refractivity contribution in [3.05, 3.63) is 60.1 Å². The van der Waals surface area contributed by atoms with Gasteiger partial charge in [-0.15, -0.1) is 0 Å². The second kappa shape index (κ2) is 5.55. The molecule has 3 aromatic heterocycles. The molecule has 3 aromatic rings. The molecule has 4 rings (SSSR count). The second-order valence-corrected chi connectivity index (χ2v) is 5.77. The van der Waals surface area contributed by atoms with Gasteiger partial charge in [-0.25, -0.2) is 4.98 Å². The number of imidazole rings is 1. The van der Waals surface area contributed by atoms with Crippen molar-refractivity contribution >= 4 is 11.4 Å². The minimum atomic E-state index is -0.581. The summed E-state index contributed by atoms with van der Waals surface area (Å²) in [6.07, 6.45) is 5.67. The molecule has 1 aliphatic rings. The van der Waals surface area contributed by atoms with Crippen molar-refractivity contribution in [2.45, 2.75) is 24.8 Å². The number of nitrogens with zero attached hydrogens (tertiary/aromatic N) is 2. The Morgan fingerprint density at radius 3 is 2.96 bits per heavy atom. The number of nitrogens with one attached hydrogen (secondary N) is 1. The molecule has 1 unspecified atom stereocenters. The van der Waals surface area contributed by atoms with Crippen molar-refractivity contribution in [2.24, 2.45) is 0 Å². The van der Waals surface area contributed by atoms with Gasteiger partial charge in [-0.1, -0.05) is 6.07 Å². The molecule has 1 atom stereocenters. The molecule has 1 fully saturated rings. The molecule has 6 nitrogen and oxygen atoms in total. The molecule has 0 bridgehead atoms. The Morgan fingerprint density at radius 2 is 2.26 bits per heavy atom. The fraction of sp³-hybridized carbons (Fsp3) is 0.294. The topological polar surface area (TPSA) is 79.8 Å². The van der Waals surface area contributed by atoms with E-state index in [0.717, 1.165) is 24.2 Å². The molecule has 1 amide bonds. The van der Waals surface area contributed by atoms with E-state index in [1.54, 1.807) is 12.1 Å². The van der Waals surface area contributed by atoms with Crippen LogP contribution in [0, 0.1) is 0 Å². The van der Waals surface area contributed by atoms with Crippen molar-refractivity contribution in [1.82, 2.24) is 14.7 Å². The van der Waals surface area contributed by atoms with Gasteiger partial charge < -0.3 is 19.2 Å². The average Bonchev–Trinajstić information content (AvgIpc) is 3.13. The Balaban J connectivity index is 1.67. The van der Waals surface area contributed by atoms with Crippen LogP contribution in [-0.2, 0) is 0 Å². The Labute approximate surface area is 132 Å². The summed E-state index contributed by atoms with van der Waals surface area (Å²) in [5.41, 5.74) is 1.17. The van der Waals surface area contributed by atoms with Gasteiger partial charge in [0.15, 0.2) is 5.69 Å². The van der Waals surface area contributed by atoms with E-state index in [-0.39, 0.29) is 12.5 Å². The molecule has 0 saturated heterocycles. The van der Waals surface area contributed by atoms with Crippen LogP contribution in [0.25, 0.3) is 5.52 Å². The smallest absolute Gasteiger partial charge is 0.272 e. The third-order valence-electron chi connectivity index (χ3n) is 4.11. The Hall–Kier alpha value is -2.60. The van der Waals surface area contributed by atoms with Gasteiger partial charge in [0.25, 0.3) is 5.91 Å². The molecular formula is C17H17N3O3. The zero-order chi connectivity index (χ0) is 15.8. The summed E-state index contributed by atoms with van der Waals surface area (Å²) >= 11 is 0. The van der Waals surface area contributed by atoms with E-state index in [1.807, 2.05) is 28.8 Å². The van der Waals surface area contributed by atoms with Crippen LogP contribution in [0.5, 0.6) is 0 Å². The Morgan fingerprint density at radius 1 is 1.39 bits per heavy atom. The normalized spacial score (nSPS) is 15.7. The molecule has 3 heterocycles. The van der Waals surface area contributed by atoms with Gasteiger partial charge in [0, 0.05) is 12.1 Å². The molecule has 6 heteroatoms. The number of fused-ring (bicyclic) bond motifs is 1. The quantitative estimate of drug-likeness (QED) is 0.757. The maximum atomic E-state index is 12.6. The van der Waals surface area contributed by atoms with Crippen LogP contribution in [0.1, 0.15) is 46.9 Å². The highest BCUT2D eigenvalue weighted by molar-refractivity contribution is 5.99. The summed E-state index contributed by atoms with van der Waals surface area (Å²) < 4.78 is 7.24. The largest absolute Gasteiger partial charge is 0.467 e. The highest BCUT2D eigenvalue weighted by Crippen LogP contribution is 2.40. The van der Waals surface area contributed by atoms with Crippen molar-refractivity contribution in [2.75, 3.05) is 6.61 Å². The highest BCUT2D eigenvalue weighted by atomic mass is 16.3. The predicted molar refractivity (Wildman–Crippen MR) is 83.2 cm³/mol. The third kappa shape index (κ3) is 2.51. The number of aliphatic hydroxyl groups is 1. The number of aromatic nitrogens is 2. The van der Waals surface area contributed by atoms with E-state index in [1.165, 1.54) is 6.26 Å². The molecule has 1 saturated carbocycles. The van der Waals surface area contributed by atoms with Gasteiger partial charge >= 0.3 is 0 Å². The van der Waals surface area contributed by atoms with E-state index in [0.29, 0.717) is 17.4 Å². The first-order chi connectivity index (χ1) is 11.3. The van der Waals surface area contributed by atoms with E-state index < -0.39 is 6.04 Å². The Bertz CT molecular complexity index is 834. The fourth-order valence-corrected chi connectivity index (χ4v) is 2.78. The molecule has 0 radical (unpaired) electrons. The van der Waals surface area contributed by atoms with Gasteiger partial charge in [0.05, 0.1) is 18.4 Å². The number of rotatable bonds is 5. The average molecular weight is 311 g/mol. The number of amides is 1. The zero-order valence-corrected chi connectivity index (χ0v) is 12.5. The van der Waals surface area contributed by atoms with Gasteiger partial charge in [-0.05, 0) is 37.1 Å². The first kappa shape index (κ1) is 14.0. The van der Waals surface area contributed by atoms with Gasteiger partial charge in [-0.2, -0.15) is 0 Å². The summed E-state index contributed by atoms with van der Waals surface area (Å²) in [6, 6.07) is 8.57. The minimum absolute atomic E-state index is 0.236. The molecule has 1 aliphatic carbocycles. The molecule has 118 valence electrons. The maximum absolute atomic E-state index is 12.6. The lowest BCUT2D eigenvalue weighted by atomic mass is 10.2. The number of hydrogen-bond acceptors (Lipinski definition) is 4. The van der Waals surface area contributed by atoms with Crippen LogP contribution < -0.4 is 5.32 Å². The summed E-state index contributed by atoms with van der Waals surface area (Å²) in [6.45, 7) is -0.236. The van der Waals surface area contributed by atoms with Crippen molar-refractivity contribution in [3.8, 4) is 0 Å². The van der Waals surface area contributed by atoms with Crippen LogP contribution in [0.4, 0.5) is 0 Å². The van der Waals surface area contributed by atoms with Gasteiger partial charge in [0.1, 0.15) is 17.6 Å². The van der Waals surface area contributed by atoms with Crippen LogP contribution in [0.3, 0.4) is 0 Å². The molecule has 23 heavy (non-hydrogen) atoms. The molecule has 2 N–H and O–H groups in total. The number of hydrogen-bond donors (Lipinski definition) is 2. The van der Waals surface area contributed by atoms with Crippen molar-refractivity contribution in [3.63, 3.8) is 0 Å². The maximum Gasteiger partial charge on any atom is 0.272 e. The number of pyridine rings is 1. The molecular weight excluding hydrogens is 294 g/mol. The lowest BCUT2D eigenvalue weighted by Crippen LogP contribution is -2.31. The van der Waals surface area contributed by atoms with Crippen LogP contribution in [0.2, 0.25) is 0 Å². The van der Waals surface area contributed by atoms with Crippen molar-refractivity contribution in [1.29, 1.82) is 0 Å². The van der Waals surface area contributed by atoms with Crippen molar-refractivity contribution < 1.29 is 14.3 Å². The number of furan rings is 1. The lowest BCUT2D eigenvalue weighted by molar-refractivity contribution is 0.0904. The Kier molecular flexibility index (Phi) is 3.38. The number of carbonyl (C=O) groups excluding carboxylic acids is 1. The third-order valence-corrected chi connectivity index (χ3v) is 4.11. The van der Waals surface area contributed by atoms with Crippen LogP contribution in [0.15, 0.2) is 47.2 Å². The first-order valence-electron chi connectivity index (χ1n) is 7.70. The van der Waals surface area contributed by atoms with E-state index in [2.05, 4.69) is 10.3 Å². The van der Waals surface area contributed by atoms with Gasteiger partial charge in [-0.3, -0.25) is 4.79 Å². The summed E-state index contributed by atoms with van der Waals surface area (Å²) in [5.74, 6) is 1.58. The van der Waals surface area contributed by atoms with E-state index in [4.69, 9.17) is 4.42 Å². The molecule has 0 spiro atoms. The number of aliphatic hydroxyl groups excluding tert-OH is 1. The molecule has 0 aliphatic heterocycles. The molecule has 0 aromatic carbocycles. The predicted octanol–water partition coefficient (Wildman–Crippen LogP) is 2.27. The number of carbonyl (C=O) groups is 1. The van der Waals surface area contributed by atoms with Gasteiger partial charge in [0.2, 0.25) is 0 Å². The first-order valence-corrected chi connectivity index (χ1v) is 7.70. The SMILES string of the molecule is O=C(NC(CO)c1ccco1)c1nc(C2CC2)n2ccccc12. The van der Waals surface area contributed by atoms with E-state index >= 15 is 0 Å². The fourth-order valence-electron chi connectivity index (χ4n) is 2.78. The standard InChI is InChI=1S/C17H17N3O3/c21-10-12(14-5-3-9-23-14)18-17(22)15-13-4-1-2-8-20(13)16(19-15)11-6-7-11/h1-5,8-9,11-12,21H,6-7,10H2,(H,18,22). The summed E-state index contributed by atoms with van der Waals surface area (Å²) in [4.78, 5) is 17.2. The zero-order valence-electron chi connectivity index (χ0n) is 12.5. The summed E-state index contributed by atoms with van der Waals surface area (Å²) in [7, 11) is 0. The van der Waals surface area contributed by atoms with Crippen LogP contribution in [-0.4, -0.2) is 27.0 Å². The highest BCUT2D eigenvalue weighted by Gasteiger charge is 2.31. The lowest BCUT2D eigenvalue weighted by Gasteiger charge is -2.12. The second-order valence-electron chi connectivity index (χ2n) is 5.77. The van der Waals surface area contributed by atoms with Crippen LogP contribution >= 0.6 is 0 Å².